The predicted octanol–water partition coefficient (Wildman–Crippen LogP) is 2.25. The second kappa shape index (κ2) is 6.28. The van der Waals surface area contributed by atoms with Crippen molar-refractivity contribution in [2.24, 2.45) is 0 Å². The number of nitrogens with zero attached hydrogens (tertiary/aromatic N) is 1. The van der Waals surface area contributed by atoms with Crippen molar-refractivity contribution < 1.29 is 24.2 Å². The van der Waals surface area contributed by atoms with E-state index in [0.717, 1.165) is 0 Å². The first-order valence-electron chi connectivity index (χ1n) is 7.42. The average molecular weight is 313 g/mol. The Kier molecular flexibility index (Phi) is 5.28. The van der Waals surface area contributed by atoms with Crippen molar-refractivity contribution >= 4 is 12.1 Å². The predicted molar refractivity (Wildman–Crippen MR) is 82.3 cm³/mol. The Morgan fingerprint density at radius 3 is 2.05 bits per heavy atom. The molecule has 1 aliphatic heterocycles. The lowest BCUT2D eigenvalue weighted by Crippen LogP contribution is -2.46. The van der Waals surface area contributed by atoms with Crippen molar-refractivity contribution in [1.82, 2.24) is 4.90 Å². The van der Waals surface area contributed by atoms with Crippen molar-refractivity contribution in [3.8, 4) is 0 Å². The molecule has 1 amide bonds. The molecule has 6 heteroatoms. The molecule has 1 saturated heterocycles. The smallest absolute Gasteiger partial charge is 0.411 e. The Morgan fingerprint density at radius 1 is 1.14 bits per heavy atom. The Morgan fingerprint density at radius 2 is 1.64 bits per heavy atom. The number of esters is 1. The summed E-state index contributed by atoms with van der Waals surface area (Å²) in [6.45, 7) is 12.2. The SMILES string of the molecule is C/C=C1/[C@H](O)CN(C(=O)OC(C)(C)C)[C@@H]1C(=O)OC(C)(C)C. The third kappa shape index (κ3) is 4.73. The van der Waals surface area contributed by atoms with E-state index in [1.807, 2.05) is 0 Å². The molecular weight excluding hydrogens is 286 g/mol. The Hall–Kier alpha value is -1.56. The topological polar surface area (TPSA) is 76.1 Å². The van der Waals surface area contributed by atoms with Gasteiger partial charge in [0.2, 0.25) is 0 Å². The number of rotatable bonds is 1. The van der Waals surface area contributed by atoms with E-state index in [4.69, 9.17) is 9.47 Å². The third-order valence-electron chi connectivity index (χ3n) is 2.97. The fourth-order valence-electron chi connectivity index (χ4n) is 2.23. The molecule has 1 rings (SSSR count). The summed E-state index contributed by atoms with van der Waals surface area (Å²) in [5.41, 5.74) is -0.900. The molecule has 0 aliphatic carbocycles. The average Bonchev–Trinajstić information content (AvgIpc) is 2.61. The van der Waals surface area contributed by atoms with E-state index in [9.17, 15) is 14.7 Å². The Bertz CT molecular complexity index is 470. The normalized spacial score (nSPS) is 24.5. The minimum atomic E-state index is -0.950. The molecule has 0 unspecified atom stereocenters. The first-order chi connectivity index (χ1) is 9.85. The van der Waals surface area contributed by atoms with Crippen LogP contribution in [0.2, 0.25) is 0 Å². The standard InChI is InChI=1S/C16H27NO5/c1-8-10-11(18)9-17(14(20)22-16(5,6)7)12(10)13(19)21-15(2,3)4/h8,11-12,18H,9H2,1-7H3/b10-8-/t11-,12+/m1/s1. The van der Waals surface area contributed by atoms with Gasteiger partial charge in [0.05, 0.1) is 12.6 Å². The van der Waals surface area contributed by atoms with Gasteiger partial charge in [-0.2, -0.15) is 0 Å². The highest BCUT2D eigenvalue weighted by Crippen LogP contribution is 2.28. The minimum Gasteiger partial charge on any atom is -0.458 e. The summed E-state index contributed by atoms with van der Waals surface area (Å²) in [6.07, 6.45) is 0.109. The number of hydrogen-bond acceptors (Lipinski definition) is 5. The zero-order chi connectivity index (χ0) is 17.3. The molecule has 126 valence electrons. The van der Waals surface area contributed by atoms with Gasteiger partial charge < -0.3 is 14.6 Å². The van der Waals surface area contributed by atoms with Gasteiger partial charge in [0, 0.05) is 0 Å². The highest BCUT2D eigenvalue weighted by atomic mass is 16.6. The Labute approximate surface area is 132 Å². The second-order valence-corrected chi connectivity index (χ2v) is 7.37. The molecule has 0 saturated carbocycles. The van der Waals surface area contributed by atoms with Crippen LogP contribution >= 0.6 is 0 Å². The number of allylic oxidation sites excluding steroid dienone is 1. The minimum absolute atomic E-state index is 0.0124. The summed E-state index contributed by atoms with van der Waals surface area (Å²) in [5, 5.41) is 10.1. The summed E-state index contributed by atoms with van der Waals surface area (Å²) < 4.78 is 10.7. The molecule has 0 aromatic heterocycles. The molecule has 22 heavy (non-hydrogen) atoms. The fraction of sp³-hybridized carbons (Fsp3) is 0.750. The van der Waals surface area contributed by atoms with Crippen LogP contribution in [-0.2, 0) is 14.3 Å². The van der Waals surface area contributed by atoms with Crippen LogP contribution in [0.1, 0.15) is 48.5 Å². The number of aliphatic hydroxyl groups excluding tert-OH is 1. The number of carbonyl (C=O) groups is 2. The number of carbonyl (C=O) groups excluding carboxylic acids is 2. The van der Waals surface area contributed by atoms with Crippen molar-refractivity contribution in [2.75, 3.05) is 6.54 Å². The molecule has 1 heterocycles. The van der Waals surface area contributed by atoms with Crippen LogP contribution in [0.5, 0.6) is 0 Å². The zero-order valence-electron chi connectivity index (χ0n) is 14.5. The lowest BCUT2D eigenvalue weighted by atomic mass is 10.1. The number of amides is 1. The number of β-amino-alcohol motifs (C(OH)–C–C–N with tert-alkyl or cyclic N) is 1. The third-order valence-corrected chi connectivity index (χ3v) is 2.97. The van der Waals surface area contributed by atoms with Gasteiger partial charge in [-0.15, -0.1) is 0 Å². The van der Waals surface area contributed by atoms with Crippen LogP contribution in [0.15, 0.2) is 11.6 Å². The molecule has 0 aromatic rings. The van der Waals surface area contributed by atoms with Gasteiger partial charge in [-0.05, 0) is 54.0 Å². The van der Waals surface area contributed by atoms with E-state index in [-0.39, 0.29) is 6.54 Å². The van der Waals surface area contributed by atoms with Gasteiger partial charge in [0.15, 0.2) is 6.04 Å². The van der Waals surface area contributed by atoms with E-state index < -0.39 is 35.4 Å². The van der Waals surface area contributed by atoms with E-state index in [0.29, 0.717) is 5.57 Å². The fourth-order valence-corrected chi connectivity index (χ4v) is 2.23. The van der Waals surface area contributed by atoms with Crippen LogP contribution in [0.25, 0.3) is 0 Å². The van der Waals surface area contributed by atoms with Gasteiger partial charge in [-0.25, -0.2) is 9.59 Å². The number of ether oxygens (including phenoxy) is 2. The van der Waals surface area contributed by atoms with Crippen molar-refractivity contribution in [3.05, 3.63) is 11.6 Å². The lowest BCUT2D eigenvalue weighted by molar-refractivity contribution is -0.158. The van der Waals surface area contributed by atoms with Crippen LogP contribution < -0.4 is 0 Å². The summed E-state index contributed by atoms with van der Waals surface area (Å²) in [5.74, 6) is -0.567. The number of hydrogen-bond donors (Lipinski definition) is 1. The van der Waals surface area contributed by atoms with Gasteiger partial charge in [0.1, 0.15) is 11.2 Å². The summed E-state index contributed by atoms with van der Waals surface area (Å²) in [4.78, 5) is 26.0. The van der Waals surface area contributed by atoms with Gasteiger partial charge in [-0.3, -0.25) is 4.90 Å². The molecule has 2 atom stereocenters. The molecular formula is C16H27NO5. The maximum absolute atomic E-state index is 12.4. The molecule has 1 N–H and O–H groups in total. The monoisotopic (exact) mass is 313 g/mol. The van der Waals surface area contributed by atoms with Crippen molar-refractivity contribution in [3.63, 3.8) is 0 Å². The van der Waals surface area contributed by atoms with E-state index in [2.05, 4.69) is 0 Å². The van der Waals surface area contributed by atoms with Crippen LogP contribution in [0, 0.1) is 0 Å². The highest BCUT2D eigenvalue weighted by Gasteiger charge is 2.46. The maximum Gasteiger partial charge on any atom is 0.411 e. The molecule has 0 radical (unpaired) electrons. The summed E-state index contributed by atoms with van der Waals surface area (Å²) in [7, 11) is 0. The quantitative estimate of drug-likeness (QED) is 0.593. The molecule has 0 bridgehead atoms. The lowest BCUT2D eigenvalue weighted by Gasteiger charge is -2.29. The number of aliphatic hydroxyl groups is 1. The second-order valence-electron chi connectivity index (χ2n) is 7.37. The molecule has 1 fully saturated rings. The van der Waals surface area contributed by atoms with Crippen LogP contribution in [-0.4, -0.2) is 52.0 Å². The molecule has 0 aromatic carbocycles. The van der Waals surface area contributed by atoms with Crippen molar-refractivity contribution in [2.45, 2.75) is 71.8 Å². The Balaban J connectivity index is 3.05. The largest absolute Gasteiger partial charge is 0.458 e. The van der Waals surface area contributed by atoms with Crippen LogP contribution in [0.3, 0.4) is 0 Å². The molecule has 6 nitrogen and oxygen atoms in total. The van der Waals surface area contributed by atoms with E-state index in [1.165, 1.54) is 4.90 Å². The molecule has 1 aliphatic rings. The highest BCUT2D eigenvalue weighted by molar-refractivity contribution is 5.86. The van der Waals surface area contributed by atoms with Crippen LogP contribution in [0.4, 0.5) is 4.79 Å². The molecule has 0 spiro atoms. The summed E-state index contributed by atoms with van der Waals surface area (Å²) in [6, 6.07) is -0.950. The van der Waals surface area contributed by atoms with Gasteiger partial charge >= 0.3 is 12.1 Å². The maximum atomic E-state index is 12.4. The number of likely N-dealkylation sites (tertiary alicyclic amines) is 1. The zero-order valence-corrected chi connectivity index (χ0v) is 14.5. The van der Waals surface area contributed by atoms with E-state index >= 15 is 0 Å². The van der Waals surface area contributed by atoms with Gasteiger partial charge in [-0.1, -0.05) is 6.08 Å². The van der Waals surface area contributed by atoms with Crippen molar-refractivity contribution in [1.29, 1.82) is 0 Å². The van der Waals surface area contributed by atoms with Gasteiger partial charge in [0.25, 0.3) is 0 Å². The first kappa shape index (κ1) is 18.5. The summed E-state index contributed by atoms with van der Waals surface area (Å²) >= 11 is 0. The first-order valence-corrected chi connectivity index (χ1v) is 7.42. The van der Waals surface area contributed by atoms with E-state index in [1.54, 1.807) is 54.5 Å².